The average Bonchev–Trinajstić information content (AvgIpc) is 2.68. The molecule has 0 saturated carbocycles. The van der Waals surface area contributed by atoms with Gasteiger partial charge >= 0.3 is 5.97 Å². The first kappa shape index (κ1) is 13.2. The van der Waals surface area contributed by atoms with Crippen LogP contribution < -0.4 is 0 Å². The Morgan fingerprint density at radius 2 is 2.29 bits per heavy atom. The number of aromatic nitrogens is 2. The zero-order chi connectivity index (χ0) is 13.0. The fourth-order valence-electron chi connectivity index (χ4n) is 1.48. The van der Waals surface area contributed by atoms with Crippen molar-refractivity contribution in [1.29, 1.82) is 5.41 Å². The molecular weight excluding hydrogens is 218 g/mol. The molecule has 0 fully saturated rings. The number of nitrogens with zero attached hydrogens (tertiary/aromatic N) is 2. The number of allylic oxidation sites excluding steroid dienone is 1. The minimum atomic E-state index is -1.02. The SMILES string of the molecule is C=C(C)C(=N)CCn1cc(C(=O)O)nc1CC. The first-order valence-corrected chi connectivity index (χ1v) is 5.48. The normalized spacial score (nSPS) is 10.2. The minimum Gasteiger partial charge on any atom is -0.476 e. The van der Waals surface area contributed by atoms with Crippen LogP contribution in [0.25, 0.3) is 0 Å². The average molecular weight is 235 g/mol. The van der Waals surface area contributed by atoms with Crippen LogP contribution in [-0.2, 0) is 13.0 Å². The van der Waals surface area contributed by atoms with Gasteiger partial charge in [0, 0.05) is 31.3 Å². The summed E-state index contributed by atoms with van der Waals surface area (Å²) in [5, 5.41) is 16.5. The van der Waals surface area contributed by atoms with E-state index in [4.69, 9.17) is 10.5 Å². The Morgan fingerprint density at radius 3 is 2.76 bits per heavy atom. The fourth-order valence-corrected chi connectivity index (χ4v) is 1.48. The second kappa shape index (κ2) is 5.43. The lowest BCUT2D eigenvalue weighted by Gasteiger charge is -2.06. The third-order valence-corrected chi connectivity index (χ3v) is 2.51. The van der Waals surface area contributed by atoms with Crippen molar-refractivity contribution in [3.05, 3.63) is 29.9 Å². The topological polar surface area (TPSA) is 79.0 Å². The van der Waals surface area contributed by atoms with E-state index < -0.39 is 5.97 Å². The van der Waals surface area contributed by atoms with E-state index in [1.165, 1.54) is 6.20 Å². The molecule has 0 radical (unpaired) electrons. The Labute approximate surface area is 100 Å². The summed E-state index contributed by atoms with van der Waals surface area (Å²) in [6.45, 7) is 7.98. The highest BCUT2D eigenvalue weighted by Gasteiger charge is 2.12. The molecule has 2 N–H and O–H groups in total. The molecule has 92 valence electrons. The quantitative estimate of drug-likeness (QED) is 0.741. The van der Waals surface area contributed by atoms with E-state index in [0.29, 0.717) is 25.1 Å². The van der Waals surface area contributed by atoms with Crippen molar-refractivity contribution in [3.8, 4) is 0 Å². The largest absolute Gasteiger partial charge is 0.476 e. The fraction of sp³-hybridized carbons (Fsp3) is 0.417. The van der Waals surface area contributed by atoms with Gasteiger partial charge in [-0.05, 0) is 12.5 Å². The molecule has 5 nitrogen and oxygen atoms in total. The number of imidazole rings is 1. The molecule has 0 unspecified atom stereocenters. The summed E-state index contributed by atoms with van der Waals surface area (Å²) < 4.78 is 1.79. The van der Waals surface area contributed by atoms with Gasteiger partial charge in [-0.15, -0.1) is 0 Å². The monoisotopic (exact) mass is 235 g/mol. The molecule has 0 amide bonds. The molecule has 0 aliphatic heterocycles. The molecule has 0 aliphatic rings. The van der Waals surface area contributed by atoms with Crippen molar-refractivity contribution >= 4 is 11.7 Å². The Morgan fingerprint density at radius 1 is 1.65 bits per heavy atom. The number of carbonyl (C=O) groups is 1. The minimum absolute atomic E-state index is 0.0590. The van der Waals surface area contributed by atoms with Crippen LogP contribution in [0.5, 0.6) is 0 Å². The first-order chi connectivity index (χ1) is 7.95. The van der Waals surface area contributed by atoms with Crippen molar-refractivity contribution in [3.63, 3.8) is 0 Å². The number of aromatic carboxylic acids is 1. The smallest absolute Gasteiger partial charge is 0.356 e. The number of rotatable bonds is 6. The van der Waals surface area contributed by atoms with E-state index >= 15 is 0 Å². The Kier molecular flexibility index (Phi) is 4.20. The maximum absolute atomic E-state index is 10.8. The molecule has 17 heavy (non-hydrogen) atoms. The van der Waals surface area contributed by atoms with E-state index in [9.17, 15) is 4.79 Å². The Bertz CT molecular complexity index is 460. The van der Waals surface area contributed by atoms with Gasteiger partial charge in [-0.3, -0.25) is 0 Å². The number of aryl methyl sites for hydroxylation is 2. The lowest BCUT2D eigenvalue weighted by Crippen LogP contribution is -2.07. The summed E-state index contributed by atoms with van der Waals surface area (Å²) in [7, 11) is 0. The number of hydrogen-bond acceptors (Lipinski definition) is 3. The summed E-state index contributed by atoms with van der Waals surface area (Å²) in [6.07, 6.45) is 2.73. The molecule has 0 aliphatic carbocycles. The second-order valence-electron chi connectivity index (χ2n) is 3.90. The molecule has 0 aromatic carbocycles. The maximum atomic E-state index is 10.8. The molecule has 1 rings (SSSR count). The van der Waals surface area contributed by atoms with Gasteiger partial charge < -0.3 is 15.1 Å². The van der Waals surface area contributed by atoms with Crippen LogP contribution in [0.4, 0.5) is 0 Å². The number of carboxylic acid groups (broad SMARTS) is 1. The summed E-state index contributed by atoms with van der Waals surface area (Å²) >= 11 is 0. The van der Waals surface area contributed by atoms with E-state index in [1.807, 2.05) is 6.92 Å². The van der Waals surface area contributed by atoms with Gasteiger partial charge in [-0.25, -0.2) is 9.78 Å². The highest BCUT2D eigenvalue weighted by molar-refractivity contribution is 5.96. The number of nitrogens with one attached hydrogen (secondary N) is 1. The van der Waals surface area contributed by atoms with Gasteiger partial charge in [0.05, 0.1) is 0 Å². The van der Waals surface area contributed by atoms with E-state index in [-0.39, 0.29) is 5.69 Å². The van der Waals surface area contributed by atoms with Crippen LogP contribution >= 0.6 is 0 Å². The summed E-state index contributed by atoms with van der Waals surface area (Å²) in [5.41, 5.74) is 1.28. The van der Waals surface area contributed by atoms with Gasteiger partial charge in [-0.1, -0.05) is 13.5 Å². The van der Waals surface area contributed by atoms with Crippen molar-refractivity contribution in [2.45, 2.75) is 33.2 Å². The van der Waals surface area contributed by atoms with E-state index in [1.54, 1.807) is 11.5 Å². The zero-order valence-electron chi connectivity index (χ0n) is 10.2. The third kappa shape index (κ3) is 3.27. The summed E-state index contributed by atoms with van der Waals surface area (Å²) in [6, 6.07) is 0. The van der Waals surface area contributed by atoms with Crippen LogP contribution in [-0.4, -0.2) is 26.3 Å². The molecule has 1 aromatic rings. The highest BCUT2D eigenvalue weighted by atomic mass is 16.4. The molecule has 5 heteroatoms. The van der Waals surface area contributed by atoms with Crippen LogP contribution in [0.15, 0.2) is 18.3 Å². The Hall–Kier alpha value is -1.91. The maximum Gasteiger partial charge on any atom is 0.356 e. The van der Waals surface area contributed by atoms with Gasteiger partial charge in [0.1, 0.15) is 5.82 Å². The van der Waals surface area contributed by atoms with Gasteiger partial charge in [0.2, 0.25) is 0 Å². The molecule has 1 aromatic heterocycles. The zero-order valence-corrected chi connectivity index (χ0v) is 10.2. The molecule has 0 atom stereocenters. The molecule has 0 spiro atoms. The molecular formula is C12H17N3O2. The van der Waals surface area contributed by atoms with E-state index in [0.717, 1.165) is 11.4 Å². The third-order valence-electron chi connectivity index (χ3n) is 2.51. The van der Waals surface area contributed by atoms with Crippen LogP contribution in [0, 0.1) is 5.41 Å². The predicted molar refractivity (Wildman–Crippen MR) is 65.7 cm³/mol. The second-order valence-corrected chi connectivity index (χ2v) is 3.90. The number of hydrogen-bond donors (Lipinski definition) is 2. The van der Waals surface area contributed by atoms with Gasteiger partial charge in [0.15, 0.2) is 5.69 Å². The molecule has 1 heterocycles. The van der Waals surface area contributed by atoms with Crippen molar-refractivity contribution in [2.75, 3.05) is 0 Å². The Balaban J connectivity index is 2.79. The van der Waals surface area contributed by atoms with Gasteiger partial charge in [0.25, 0.3) is 0 Å². The predicted octanol–water partition coefficient (Wildman–Crippen LogP) is 2.13. The van der Waals surface area contributed by atoms with Crippen molar-refractivity contribution in [2.24, 2.45) is 0 Å². The van der Waals surface area contributed by atoms with E-state index in [2.05, 4.69) is 11.6 Å². The van der Waals surface area contributed by atoms with Crippen LogP contribution in [0.2, 0.25) is 0 Å². The highest BCUT2D eigenvalue weighted by Crippen LogP contribution is 2.07. The van der Waals surface area contributed by atoms with Crippen LogP contribution in [0.3, 0.4) is 0 Å². The molecule has 0 saturated heterocycles. The van der Waals surface area contributed by atoms with Gasteiger partial charge in [-0.2, -0.15) is 0 Å². The summed E-state index contributed by atoms with van der Waals surface area (Å²) in [4.78, 5) is 14.8. The standard InChI is InChI=1S/C12H17N3O2/c1-4-11-14-10(12(16)17)7-15(11)6-5-9(13)8(2)3/h7,13H,2,4-6H2,1,3H3,(H,16,17). The lowest BCUT2D eigenvalue weighted by molar-refractivity contribution is 0.0691. The first-order valence-electron chi connectivity index (χ1n) is 5.48. The molecule has 0 bridgehead atoms. The number of carboxylic acids is 1. The van der Waals surface area contributed by atoms with Crippen molar-refractivity contribution in [1.82, 2.24) is 9.55 Å². The lowest BCUT2D eigenvalue weighted by atomic mass is 10.1. The summed E-state index contributed by atoms with van der Waals surface area (Å²) in [5.74, 6) is -0.287. The van der Waals surface area contributed by atoms with Crippen molar-refractivity contribution < 1.29 is 9.90 Å². The van der Waals surface area contributed by atoms with Crippen LogP contribution in [0.1, 0.15) is 36.6 Å².